The Morgan fingerprint density at radius 1 is 1.17 bits per heavy atom. The Bertz CT molecular complexity index is 996. The zero-order valence-electron chi connectivity index (χ0n) is 12.1. The molecular formula is C17H12N2O4. The van der Waals surface area contributed by atoms with Crippen molar-refractivity contribution in [3.05, 3.63) is 53.2 Å². The molecule has 6 heteroatoms. The van der Waals surface area contributed by atoms with E-state index >= 15 is 0 Å². The van der Waals surface area contributed by atoms with Crippen LogP contribution in [0.4, 0.5) is 0 Å². The summed E-state index contributed by atoms with van der Waals surface area (Å²) >= 11 is 0. The number of benzene rings is 2. The largest absolute Gasteiger partial charge is 0.508 e. The van der Waals surface area contributed by atoms with E-state index in [2.05, 4.69) is 6.07 Å². The van der Waals surface area contributed by atoms with E-state index in [0.29, 0.717) is 27.7 Å². The Morgan fingerprint density at radius 3 is 2.52 bits per heavy atom. The van der Waals surface area contributed by atoms with Gasteiger partial charge in [0, 0.05) is 23.3 Å². The van der Waals surface area contributed by atoms with Crippen LogP contribution in [0.15, 0.2) is 36.5 Å². The molecule has 0 unspecified atom stereocenters. The molecular weight excluding hydrogens is 296 g/mol. The Labute approximate surface area is 131 Å². The molecule has 3 rings (SSSR count). The van der Waals surface area contributed by atoms with Crippen LogP contribution >= 0.6 is 0 Å². The number of hydrogen-bond donors (Lipinski definition) is 3. The summed E-state index contributed by atoms with van der Waals surface area (Å²) in [7, 11) is 0. The highest BCUT2D eigenvalue weighted by Gasteiger charge is 2.15. The van der Waals surface area contributed by atoms with Crippen molar-refractivity contribution in [2.24, 2.45) is 0 Å². The summed E-state index contributed by atoms with van der Waals surface area (Å²) in [6.07, 6.45) is 1.58. The Hall–Kier alpha value is -3.46. The molecule has 114 valence electrons. The summed E-state index contributed by atoms with van der Waals surface area (Å²) in [4.78, 5) is 11.0. The molecule has 0 saturated heterocycles. The number of carboxylic acid groups (broad SMARTS) is 1. The van der Waals surface area contributed by atoms with Crippen LogP contribution in [-0.4, -0.2) is 25.9 Å². The maximum atomic E-state index is 11.0. The molecule has 3 aromatic rings. The molecule has 0 radical (unpaired) electrons. The van der Waals surface area contributed by atoms with Crippen molar-refractivity contribution < 1.29 is 20.1 Å². The second kappa shape index (κ2) is 5.07. The summed E-state index contributed by atoms with van der Waals surface area (Å²) in [6, 6.07) is 9.49. The van der Waals surface area contributed by atoms with Crippen molar-refractivity contribution in [3.63, 3.8) is 0 Å². The lowest BCUT2D eigenvalue weighted by molar-refractivity contribution is 0.0693. The van der Waals surface area contributed by atoms with E-state index in [0.717, 1.165) is 0 Å². The van der Waals surface area contributed by atoms with Gasteiger partial charge in [0.05, 0.1) is 11.1 Å². The zero-order chi connectivity index (χ0) is 16.7. The maximum Gasteiger partial charge on any atom is 0.339 e. The van der Waals surface area contributed by atoms with E-state index in [-0.39, 0.29) is 17.1 Å². The first-order valence-electron chi connectivity index (χ1n) is 6.74. The Morgan fingerprint density at radius 2 is 1.91 bits per heavy atom. The fourth-order valence-corrected chi connectivity index (χ4v) is 2.52. The van der Waals surface area contributed by atoms with E-state index in [1.165, 1.54) is 18.2 Å². The van der Waals surface area contributed by atoms with Crippen LogP contribution in [-0.2, 0) is 0 Å². The predicted molar refractivity (Wildman–Crippen MR) is 83.0 cm³/mol. The molecule has 0 aliphatic heterocycles. The van der Waals surface area contributed by atoms with Gasteiger partial charge in [-0.1, -0.05) is 0 Å². The number of phenolic OH excluding ortho intramolecular Hbond substituents is 1. The molecule has 2 aromatic carbocycles. The number of aromatic carboxylic acids is 1. The van der Waals surface area contributed by atoms with Crippen LogP contribution in [0.1, 0.15) is 21.5 Å². The highest BCUT2D eigenvalue weighted by atomic mass is 16.4. The van der Waals surface area contributed by atoms with E-state index in [9.17, 15) is 20.3 Å². The van der Waals surface area contributed by atoms with Crippen LogP contribution in [0.25, 0.3) is 16.6 Å². The summed E-state index contributed by atoms with van der Waals surface area (Å²) in [5.41, 5.74) is 2.02. The number of nitriles is 1. The van der Waals surface area contributed by atoms with Crippen molar-refractivity contribution in [2.45, 2.75) is 6.92 Å². The SMILES string of the molecule is Cc1cc2c(cc1O)c(C#N)cn2-c1ccc(C(=O)O)c(O)c1. The van der Waals surface area contributed by atoms with Crippen molar-refractivity contribution in [3.8, 4) is 23.3 Å². The first kappa shape index (κ1) is 14.5. The third-order valence-corrected chi connectivity index (χ3v) is 3.73. The van der Waals surface area contributed by atoms with Gasteiger partial charge in [-0.05, 0) is 36.8 Å². The molecule has 6 nitrogen and oxygen atoms in total. The van der Waals surface area contributed by atoms with Gasteiger partial charge in [-0.3, -0.25) is 0 Å². The first-order valence-corrected chi connectivity index (χ1v) is 6.74. The van der Waals surface area contributed by atoms with Crippen LogP contribution in [0.3, 0.4) is 0 Å². The highest BCUT2D eigenvalue weighted by Crippen LogP contribution is 2.31. The topological polar surface area (TPSA) is 106 Å². The number of phenols is 2. The smallest absolute Gasteiger partial charge is 0.339 e. The van der Waals surface area contributed by atoms with Gasteiger partial charge in [0.1, 0.15) is 23.1 Å². The third-order valence-electron chi connectivity index (χ3n) is 3.73. The van der Waals surface area contributed by atoms with E-state index < -0.39 is 5.97 Å². The van der Waals surface area contributed by atoms with Crippen molar-refractivity contribution in [1.29, 1.82) is 5.26 Å². The highest BCUT2D eigenvalue weighted by molar-refractivity contribution is 5.92. The number of rotatable bonds is 2. The number of carboxylic acids is 1. The molecule has 1 heterocycles. The fourth-order valence-electron chi connectivity index (χ4n) is 2.52. The van der Waals surface area contributed by atoms with Gasteiger partial charge >= 0.3 is 5.97 Å². The second-order valence-corrected chi connectivity index (χ2v) is 5.19. The minimum absolute atomic E-state index is 0.0934. The van der Waals surface area contributed by atoms with Gasteiger partial charge in [0.25, 0.3) is 0 Å². The Kier molecular flexibility index (Phi) is 3.19. The van der Waals surface area contributed by atoms with Gasteiger partial charge in [0.2, 0.25) is 0 Å². The number of aromatic hydroxyl groups is 2. The Balaban J connectivity index is 2.29. The normalized spacial score (nSPS) is 10.6. The number of aryl methyl sites for hydroxylation is 1. The van der Waals surface area contributed by atoms with Crippen LogP contribution in [0.5, 0.6) is 11.5 Å². The average molecular weight is 308 g/mol. The minimum Gasteiger partial charge on any atom is -0.508 e. The van der Waals surface area contributed by atoms with Gasteiger partial charge in [-0.25, -0.2) is 4.79 Å². The van der Waals surface area contributed by atoms with Gasteiger partial charge in [-0.2, -0.15) is 5.26 Å². The molecule has 0 atom stereocenters. The van der Waals surface area contributed by atoms with Crippen molar-refractivity contribution in [2.75, 3.05) is 0 Å². The zero-order valence-corrected chi connectivity index (χ0v) is 12.1. The van der Waals surface area contributed by atoms with Crippen LogP contribution < -0.4 is 0 Å². The first-order chi connectivity index (χ1) is 10.9. The monoisotopic (exact) mass is 308 g/mol. The van der Waals surface area contributed by atoms with Crippen molar-refractivity contribution >= 4 is 16.9 Å². The van der Waals surface area contributed by atoms with Gasteiger partial charge < -0.3 is 19.9 Å². The number of nitrogens with zero attached hydrogens (tertiary/aromatic N) is 2. The number of hydrogen-bond acceptors (Lipinski definition) is 4. The minimum atomic E-state index is -1.22. The molecule has 1 aromatic heterocycles. The number of fused-ring (bicyclic) bond motifs is 1. The average Bonchev–Trinajstić information content (AvgIpc) is 2.85. The van der Waals surface area contributed by atoms with E-state index in [1.54, 1.807) is 29.8 Å². The quantitative estimate of drug-likeness (QED) is 0.675. The molecule has 23 heavy (non-hydrogen) atoms. The molecule has 0 saturated carbocycles. The van der Waals surface area contributed by atoms with Crippen LogP contribution in [0.2, 0.25) is 0 Å². The maximum absolute atomic E-state index is 11.0. The van der Waals surface area contributed by atoms with Crippen molar-refractivity contribution in [1.82, 2.24) is 4.57 Å². The molecule has 0 amide bonds. The van der Waals surface area contributed by atoms with E-state index in [4.69, 9.17) is 5.11 Å². The lowest BCUT2D eigenvalue weighted by Crippen LogP contribution is -1.99. The van der Waals surface area contributed by atoms with E-state index in [1.807, 2.05) is 0 Å². The van der Waals surface area contributed by atoms with Gasteiger partial charge in [-0.15, -0.1) is 0 Å². The summed E-state index contributed by atoms with van der Waals surface area (Å²) in [5.74, 6) is -1.48. The number of carbonyl (C=O) groups is 1. The van der Waals surface area contributed by atoms with Crippen LogP contribution in [0, 0.1) is 18.3 Å². The predicted octanol–water partition coefficient (Wildman–Crippen LogP) is 2.92. The lowest BCUT2D eigenvalue weighted by atomic mass is 10.1. The second-order valence-electron chi connectivity index (χ2n) is 5.19. The molecule has 0 bridgehead atoms. The standard InChI is InChI=1S/C17H12N2O4/c1-9-4-14-13(6-15(9)20)10(7-18)8-19(14)11-2-3-12(17(22)23)16(21)5-11/h2-6,8,20-21H,1H3,(H,22,23). The summed E-state index contributed by atoms with van der Waals surface area (Å²) < 4.78 is 1.67. The summed E-state index contributed by atoms with van der Waals surface area (Å²) in [5, 5.41) is 38.5. The number of aromatic nitrogens is 1. The molecule has 0 aliphatic carbocycles. The molecule has 0 fully saturated rings. The fraction of sp³-hybridized carbons (Fsp3) is 0.0588. The lowest BCUT2D eigenvalue weighted by Gasteiger charge is -2.08. The molecule has 0 aliphatic rings. The van der Waals surface area contributed by atoms with Gasteiger partial charge in [0.15, 0.2) is 0 Å². The third kappa shape index (κ3) is 2.24. The molecule has 0 spiro atoms. The summed E-state index contributed by atoms with van der Waals surface area (Å²) in [6.45, 7) is 1.74. The molecule has 3 N–H and O–H groups in total.